The lowest BCUT2D eigenvalue weighted by Crippen LogP contribution is -2.54. The van der Waals surface area contributed by atoms with E-state index in [1.807, 2.05) is 20.8 Å². The molecule has 13 nitrogen and oxygen atoms in total. The minimum Gasteiger partial charge on any atom is -0.453 e. The van der Waals surface area contributed by atoms with E-state index >= 15 is 0 Å². The topological polar surface area (TPSA) is 154 Å². The van der Waals surface area contributed by atoms with Gasteiger partial charge in [0.15, 0.2) is 0 Å². The van der Waals surface area contributed by atoms with Gasteiger partial charge in [0.1, 0.15) is 23.4 Å². The van der Waals surface area contributed by atoms with Crippen molar-refractivity contribution in [1.82, 2.24) is 30.5 Å². The zero-order valence-corrected chi connectivity index (χ0v) is 32.1. The number of nitrogens with one attached hydrogen (secondary N) is 4. The number of piperazine rings is 1. The number of carbonyl (C=O) groups is 3. The summed E-state index contributed by atoms with van der Waals surface area (Å²) in [6, 6.07) is 13.6. The summed E-state index contributed by atoms with van der Waals surface area (Å²) in [4.78, 5) is 55.2. The highest BCUT2D eigenvalue weighted by Gasteiger charge is 2.40. The number of rotatable bonds is 10. The largest absolute Gasteiger partial charge is 0.573 e. The fourth-order valence-electron chi connectivity index (χ4n) is 7.19. The predicted octanol–water partition coefficient (Wildman–Crippen LogP) is 6.77. The molecule has 6 rings (SSSR count). The fourth-order valence-corrected chi connectivity index (χ4v) is 7.19. The van der Waals surface area contributed by atoms with Crippen LogP contribution in [0.2, 0.25) is 0 Å². The maximum atomic E-state index is 13.7. The van der Waals surface area contributed by atoms with E-state index in [0.29, 0.717) is 47.3 Å². The molecule has 298 valence electrons. The fraction of sp³-hybridized carbons (Fsp3) is 0.425. The Balaban J connectivity index is 1.18. The van der Waals surface area contributed by atoms with Crippen LogP contribution in [-0.2, 0) is 9.53 Å². The molecule has 2 saturated heterocycles. The van der Waals surface area contributed by atoms with Crippen molar-refractivity contribution in [3.63, 3.8) is 0 Å². The number of hydrogen-bond acceptors (Lipinski definition) is 9. The number of alkyl halides is 3. The summed E-state index contributed by atoms with van der Waals surface area (Å²) in [5, 5.41) is 8.78. The summed E-state index contributed by atoms with van der Waals surface area (Å²) in [6.45, 7) is 12.0. The number of hydrogen-bond donors (Lipinski definition) is 4. The second-order valence-corrected chi connectivity index (χ2v) is 14.9. The Labute approximate surface area is 323 Å². The first kappa shape index (κ1) is 40.0. The summed E-state index contributed by atoms with van der Waals surface area (Å²) in [5.41, 5.74) is 2.28. The zero-order chi connectivity index (χ0) is 40.3. The molecule has 0 spiro atoms. The third-order valence-electron chi connectivity index (χ3n) is 10.1. The number of methoxy groups -OCH3 is 1. The van der Waals surface area contributed by atoms with Crippen LogP contribution in [0.3, 0.4) is 0 Å². The Morgan fingerprint density at radius 1 is 0.946 bits per heavy atom. The number of carbonyl (C=O) groups excluding carboxylic acids is 3. The van der Waals surface area contributed by atoms with E-state index in [9.17, 15) is 27.6 Å². The minimum atomic E-state index is -5.01. The van der Waals surface area contributed by atoms with Crippen LogP contribution in [0.15, 0.2) is 67.0 Å². The lowest BCUT2D eigenvalue weighted by Gasteiger charge is -2.38. The molecular formula is C40H47F3N8O5. The first-order valence-corrected chi connectivity index (χ1v) is 18.6. The van der Waals surface area contributed by atoms with Gasteiger partial charge in [-0.05, 0) is 73.6 Å². The molecule has 0 unspecified atom stereocenters. The Bertz CT molecular complexity index is 2020. The number of halogens is 3. The number of alkyl carbamates (subject to hydrolysis) is 1. The molecule has 2 aromatic carbocycles. The highest BCUT2D eigenvalue weighted by Crippen LogP contribution is 2.38. The molecule has 4 N–H and O–H groups in total. The summed E-state index contributed by atoms with van der Waals surface area (Å²) in [7, 11) is 1.25. The molecule has 2 aromatic heterocycles. The van der Waals surface area contributed by atoms with Crippen molar-refractivity contribution in [3.8, 4) is 28.1 Å². The molecule has 0 bridgehead atoms. The molecule has 16 heteroatoms. The quantitative estimate of drug-likeness (QED) is 0.137. The minimum absolute atomic E-state index is 0.0298. The average molecular weight is 777 g/mol. The molecule has 56 heavy (non-hydrogen) atoms. The smallest absolute Gasteiger partial charge is 0.453 e. The molecule has 2 aliphatic rings. The van der Waals surface area contributed by atoms with Crippen LogP contribution in [0.25, 0.3) is 22.4 Å². The van der Waals surface area contributed by atoms with Gasteiger partial charge in [-0.25, -0.2) is 14.8 Å². The number of benzene rings is 2. The summed E-state index contributed by atoms with van der Waals surface area (Å²) in [6.07, 6.45) is -1.87. The number of amides is 3. The highest BCUT2D eigenvalue weighted by molar-refractivity contribution is 6.05. The van der Waals surface area contributed by atoms with E-state index in [4.69, 9.17) is 4.74 Å². The van der Waals surface area contributed by atoms with E-state index in [-0.39, 0.29) is 41.0 Å². The van der Waals surface area contributed by atoms with E-state index in [2.05, 4.69) is 54.4 Å². The second-order valence-electron chi connectivity index (χ2n) is 14.9. The van der Waals surface area contributed by atoms with Crippen molar-refractivity contribution in [2.75, 3.05) is 37.0 Å². The molecule has 3 amide bonds. The number of pyridine rings is 1. The number of H-pyrrole nitrogens is 1. The monoisotopic (exact) mass is 776 g/mol. The van der Waals surface area contributed by atoms with Gasteiger partial charge in [-0.15, -0.1) is 13.2 Å². The van der Waals surface area contributed by atoms with Crippen LogP contribution in [0.1, 0.15) is 63.3 Å². The third-order valence-corrected chi connectivity index (χ3v) is 10.1. The van der Waals surface area contributed by atoms with E-state index < -0.39 is 30.2 Å². The molecule has 4 aromatic rings. The number of imidazole rings is 1. The molecule has 0 aliphatic carbocycles. The number of likely N-dealkylation sites (tertiary alicyclic amines) is 1. The lowest BCUT2D eigenvalue weighted by atomic mass is 10.00. The number of anilines is 2. The molecule has 2 fully saturated rings. The molecule has 5 atom stereocenters. The summed E-state index contributed by atoms with van der Waals surface area (Å²) >= 11 is 0. The Morgan fingerprint density at radius 2 is 1.68 bits per heavy atom. The zero-order valence-electron chi connectivity index (χ0n) is 32.1. The van der Waals surface area contributed by atoms with Gasteiger partial charge in [0.2, 0.25) is 5.91 Å². The SMILES string of the molecule is COC(=O)N[C@H](C(=O)N1C[C@@H](C)C[C@H]1c1ncc(-c2ccc(-c3ccc(C(=O)Nc4ccc(N5C[C@H](C)NC[C@H]5C)nc4)cc3OC(F)(F)F)cc2)[nH]1)C(C)C. The first-order valence-electron chi connectivity index (χ1n) is 18.6. The van der Waals surface area contributed by atoms with Crippen molar-refractivity contribution >= 4 is 29.4 Å². The van der Waals surface area contributed by atoms with E-state index in [1.165, 1.54) is 25.4 Å². The van der Waals surface area contributed by atoms with Gasteiger partial charge in [-0.1, -0.05) is 45.0 Å². The number of ether oxygens (including phenoxy) is 2. The second kappa shape index (κ2) is 16.6. The van der Waals surface area contributed by atoms with Gasteiger partial charge in [-0.3, -0.25) is 9.59 Å². The molecular weight excluding hydrogens is 729 g/mol. The van der Waals surface area contributed by atoms with Crippen molar-refractivity contribution in [3.05, 3.63) is 78.4 Å². The maximum absolute atomic E-state index is 13.7. The van der Waals surface area contributed by atoms with Crippen LogP contribution in [-0.4, -0.2) is 89.0 Å². The van der Waals surface area contributed by atoms with Crippen molar-refractivity contribution in [2.24, 2.45) is 11.8 Å². The van der Waals surface area contributed by atoms with Gasteiger partial charge >= 0.3 is 12.5 Å². The van der Waals surface area contributed by atoms with Crippen molar-refractivity contribution in [2.45, 2.75) is 71.6 Å². The molecule has 2 aliphatic heterocycles. The van der Waals surface area contributed by atoms with E-state index in [0.717, 1.165) is 25.0 Å². The van der Waals surface area contributed by atoms with Crippen LogP contribution in [0, 0.1) is 11.8 Å². The number of aromatic amines is 1. The molecule has 4 heterocycles. The van der Waals surface area contributed by atoms with Crippen molar-refractivity contribution in [1.29, 1.82) is 0 Å². The van der Waals surface area contributed by atoms with Gasteiger partial charge in [0.05, 0.1) is 36.9 Å². The molecule has 0 saturated carbocycles. The first-order chi connectivity index (χ1) is 26.6. The summed E-state index contributed by atoms with van der Waals surface area (Å²) < 4.78 is 50.1. The van der Waals surface area contributed by atoms with Crippen LogP contribution in [0.4, 0.5) is 29.5 Å². The number of aromatic nitrogens is 3. The van der Waals surface area contributed by atoms with Crippen LogP contribution in [0.5, 0.6) is 5.75 Å². The molecule has 0 radical (unpaired) electrons. The lowest BCUT2D eigenvalue weighted by molar-refractivity contribution is -0.274. The number of nitrogens with zero attached hydrogens (tertiary/aromatic N) is 4. The summed E-state index contributed by atoms with van der Waals surface area (Å²) in [5.74, 6) is -0.0384. The Morgan fingerprint density at radius 3 is 2.34 bits per heavy atom. The predicted molar refractivity (Wildman–Crippen MR) is 205 cm³/mol. The van der Waals surface area contributed by atoms with Gasteiger partial charge < -0.3 is 40.2 Å². The van der Waals surface area contributed by atoms with Crippen LogP contribution < -0.4 is 25.6 Å². The van der Waals surface area contributed by atoms with Gasteiger partial charge in [0, 0.05) is 42.8 Å². The standard InChI is InChI=1S/C40H47F3N8O5/c1-22(2)35(49-39(54)55-6)38(53)51-20-23(3)15-32(51)36-46-19-31(48-36)27-9-7-26(8-10-27)30-13-11-28(16-33(30)56-40(41,42)43)37(52)47-29-12-14-34(45-18-29)50-21-24(4)44-17-25(50)5/h7-14,16,18-19,22-25,32,35,44H,15,17,20-21H2,1-6H3,(H,46,48)(H,47,52)(H,49,54)/t23-,24-,25+,32-,35-/m0/s1. The normalized spacial score (nSPS) is 20.5. The van der Waals surface area contributed by atoms with Crippen molar-refractivity contribution < 1.29 is 37.0 Å². The van der Waals surface area contributed by atoms with Gasteiger partial charge in [-0.2, -0.15) is 0 Å². The average Bonchev–Trinajstić information content (AvgIpc) is 3.81. The Kier molecular flexibility index (Phi) is 11.9. The van der Waals surface area contributed by atoms with Gasteiger partial charge in [0.25, 0.3) is 5.91 Å². The third kappa shape index (κ3) is 9.24. The van der Waals surface area contributed by atoms with Crippen LogP contribution >= 0.6 is 0 Å². The highest BCUT2D eigenvalue weighted by atomic mass is 19.4. The Hall–Kier alpha value is -5.64. The van der Waals surface area contributed by atoms with E-state index in [1.54, 1.807) is 47.5 Å². The maximum Gasteiger partial charge on any atom is 0.573 e.